The molecule has 1 heterocycles. The van der Waals surface area contributed by atoms with Gasteiger partial charge in [-0.05, 0) is 55.1 Å². The van der Waals surface area contributed by atoms with Crippen molar-refractivity contribution in [2.45, 2.75) is 31.7 Å². The van der Waals surface area contributed by atoms with Gasteiger partial charge in [0.15, 0.2) is 5.82 Å². The molecule has 7 heteroatoms. The molecule has 2 aromatic rings. The third kappa shape index (κ3) is 4.81. The van der Waals surface area contributed by atoms with Gasteiger partial charge in [-0.25, -0.2) is 4.39 Å². The molecule has 0 spiro atoms. The molecule has 1 amide bonds. The van der Waals surface area contributed by atoms with Crippen LogP contribution < -0.4 is 10.1 Å². The molecule has 0 radical (unpaired) electrons. The molecule has 124 valence electrons. The van der Waals surface area contributed by atoms with Crippen LogP contribution in [0.1, 0.15) is 20.8 Å². The number of aromatic nitrogens is 1. The summed E-state index contributed by atoms with van der Waals surface area (Å²) in [5.41, 5.74) is -0.857. The van der Waals surface area contributed by atoms with E-state index in [0.717, 1.165) is 4.47 Å². The number of carbonyl (C=O) groups excluding carboxylic acids is 1. The van der Waals surface area contributed by atoms with Gasteiger partial charge < -0.3 is 10.1 Å². The van der Waals surface area contributed by atoms with Crippen LogP contribution in [-0.2, 0) is 4.79 Å². The zero-order valence-corrected chi connectivity index (χ0v) is 15.7. The van der Waals surface area contributed by atoms with Crippen LogP contribution >= 0.6 is 27.7 Å². The molecule has 2 rings (SSSR count). The fourth-order valence-electron chi connectivity index (χ4n) is 1.98. The smallest absolute Gasteiger partial charge is 0.272 e. The second kappa shape index (κ2) is 7.05. The lowest BCUT2D eigenvalue weighted by atomic mass is 10.1. The molecule has 23 heavy (non-hydrogen) atoms. The largest absolute Gasteiger partial charge is 0.470 e. The molecule has 0 fully saturated rings. The zero-order valence-electron chi connectivity index (χ0n) is 13.3. The molecule has 1 aromatic carbocycles. The van der Waals surface area contributed by atoms with Gasteiger partial charge in [-0.15, -0.1) is 11.8 Å². The zero-order chi connectivity index (χ0) is 17.2. The van der Waals surface area contributed by atoms with Crippen molar-refractivity contribution in [1.82, 2.24) is 10.3 Å². The molecule has 0 aliphatic rings. The highest BCUT2D eigenvalue weighted by atomic mass is 79.9. The number of amides is 1. The van der Waals surface area contributed by atoms with E-state index in [1.165, 1.54) is 24.0 Å². The minimum absolute atomic E-state index is 0.252. The number of benzene rings is 1. The number of nitrogens with one attached hydrogen (secondary N) is 1. The van der Waals surface area contributed by atoms with Gasteiger partial charge in [0.25, 0.3) is 5.91 Å². The van der Waals surface area contributed by atoms with Gasteiger partial charge in [-0.2, -0.15) is 0 Å². The molecule has 0 saturated heterocycles. The third-order valence-corrected chi connectivity index (χ3v) is 4.02. The molecule has 0 aliphatic carbocycles. The van der Waals surface area contributed by atoms with Crippen molar-refractivity contribution >= 4 is 44.5 Å². The molecular weight excluding hydrogens is 383 g/mol. The molecule has 4 nitrogen and oxygen atoms in total. The molecule has 0 saturated carbocycles. The fourth-order valence-corrected chi connectivity index (χ4v) is 2.81. The predicted molar refractivity (Wildman–Crippen MR) is 95.2 cm³/mol. The van der Waals surface area contributed by atoms with E-state index in [1.807, 2.05) is 20.8 Å². The highest BCUT2D eigenvalue weighted by molar-refractivity contribution is 9.10. The third-order valence-electron chi connectivity index (χ3n) is 2.85. The number of hydrogen-bond acceptors (Lipinski definition) is 4. The number of rotatable bonds is 4. The first-order valence-electron chi connectivity index (χ1n) is 6.96. The highest BCUT2D eigenvalue weighted by Crippen LogP contribution is 2.27. The van der Waals surface area contributed by atoms with E-state index in [4.69, 9.17) is 4.74 Å². The summed E-state index contributed by atoms with van der Waals surface area (Å²) in [5.74, 6) is -0.447. The monoisotopic (exact) mass is 400 g/mol. The Morgan fingerprint density at radius 3 is 2.70 bits per heavy atom. The van der Waals surface area contributed by atoms with E-state index in [0.29, 0.717) is 11.1 Å². The van der Waals surface area contributed by atoms with Crippen LogP contribution in [0, 0.1) is 5.82 Å². The van der Waals surface area contributed by atoms with E-state index < -0.39 is 11.3 Å². The number of hydrogen-bond donors (Lipinski definition) is 1. The lowest BCUT2D eigenvalue weighted by molar-refractivity contribution is -0.125. The maximum Gasteiger partial charge on any atom is 0.272 e. The number of fused-ring (bicyclic) bond motifs is 1. The van der Waals surface area contributed by atoms with Crippen LogP contribution in [0.2, 0.25) is 0 Å². The van der Waals surface area contributed by atoms with Crippen molar-refractivity contribution in [3.05, 3.63) is 34.7 Å². The molecule has 1 atom stereocenters. The first-order valence-corrected chi connectivity index (χ1v) is 9.04. The highest BCUT2D eigenvalue weighted by Gasteiger charge is 2.24. The lowest BCUT2D eigenvalue weighted by Gasteiger charge is -2.24. The van der Waals surface area contributed by atoms with Gasteiger partial charge in [-0.1, -0.05) is 0 Å². The summed E-state index contributed by atoms with van der Waals surface area (Å²) < 4.78 is 20.6. The maximum atomic E-state index is 14.1. The van der Waals surface area contributed by atoms with Crippen LogP contribution in [0.15, 0.2) is 28.9 Å². The quantitative estimate of drug-likeness (QED) is 0.784. The van der Waals surface area contributed by atoms with E-state index in [9.17, 15) is 9.18 Å². The van der Waals surface area contributed by atoms with Crippen molar-refractivity contribution < 1.29 is 13.9 Å². The normalized spacial score (nSPS) is 13.0. The van der Waals surface area contributed by atoms with Crippen LogP contribution in [0.5, 0.6) is 5.75 Å². The van der Waals surface area contributed by atoms with Gasteiger partial charge in [0.1, 0.15) is 11.3 Å². The Hall–Kier alpha value is -1.34. The van der Waals surface area contributed by atoms with Crippen LogP contribution in [-0.4, -0.2) is 28.1 Å². The van der Waals surface area contributed by atoms with E-state index >= 15 is 0 Å². The second-order valence-electron chi connectivity index (χ2n) is 6.06. The number of pyridine rings is 1. The molecule has 1 N–H and O–H groups in total. The van der Waals surface area contributed by atoms with E-state index in [1.54, 1.807) is 18.4 Å². The Labute approximate surface area is 147 Å². The van der Waals surface area contributed by atoms with Gasteiger partial charge >= 0.3 is 0 Å². The molecular formula is C16H18BrFN2O2S. The van der Waals surface area contributed by atoms with Crippen LogP contribution in [0.3, 0.4) is 0 Å². The first kappa shape index (κ1) is 18.0. The van der Waals surface area contributed by atoms with Crippen molar-refractivity contribution in [2.24, 2.45) is 0 Å². The summed E-state index contributed by atoms with van der Waals surface area (Å²) in [5, 5.41) is 3.46. The first-order chi connectivity index (χ1) is 10.7. The number of nitrogens with zero attached hydrogens (tertiary/aromatic N) is 1. The SMILES string of the molecule is CSC(Oc1cc(F)c2ncc(Br)cc2c1)C(=O)NC(C)(C)C. The topological polar surface area (TPSA) is 51.2 Å². The number of thioether (sulfide) groups is 1. The Balaban J connectivity index is 2.27. The summed E-state index contributed by atoms with van der Waals surface area (Å²) in [7, 11) is 0. The van der Waals surface area contributed by atoms with E-state index in [2.05, 4.69) is 26.2 Å². The average Bonchev–Trinajstić information content (AvgIpc) is 2.42. The second-order valence-corrected chi connectivity index (χ2v) is 7.87. The minimum atomic E-state index is -0.758. The predicted octanol–water partition coefficient (Wildman–Crippen LogP) is 4.12. The van der Waals surface area contributed by atoms with E-state index in [-0.39, 0.29) is 17.0 Å². The Morgan fingerprint density at radius 2 is 2.09 bits per heavy atom. The van der Waals surface area contributed by atoms with Crippen molar-refractivity contribution in [1.29, 1.82) is 0 Å². The summed E-state index contributed by atoms with van der Waals surface area (Å²) >= 11 is 4.55. The Morgan fingerprint density at radius 1 is 1.39 bits per heavy atom. The van der Waals surface area contributed by atoms with Crippen molar-refractivity contribution in [2.75, 3.05) is 6.26 Å². The maximum absolute atomic E-state index is 14.1. The fraction of sp³-hybridized carbons (Fsp3) is 0.375. The minimum Gasteiger partial charge on any atom is -0.470 e. The Bertz CT molecular complexity index is 734. The molecule has 1 unspecified atom stereocenters. The number of carbonyl (C=O) groups is 1. The van der Waals surface area contributed by atoms with Crippen LogP contribution in [0.4, 0.5) is 4.39 Å². The van der Waals surface area contributed by atoms with Crippen molar-refractivity contribution in [3.63, 3.8) is 0 Å². The standard InChI is InChI=1S/C16H18BrFN2O2S/c1-16(2,3)20-14(21)15(23-4)22-11-6-9-5-10(17)8-19-13(9)12(18)7-11/h5-8,15H,1-4H3,(H,20,21). The molecule has 0 aliphatic heterocycles. The van der Waals surface area contributed by atoms with Crippen LogP contribution in [0.25, 0.3) is 10.9 Å². The lowest BCUT2D eigenvalue weighted by Crippen LogP contribution is -2.46. The van der Waals surface area contributed by atoms with Gasteiger partial charge in [-0.3, -0.25) is 9.78 Å². The summed E-state index contributed by atoms with van der Waals surface area (Å²) in [4.78, 5) is 16.3. The summed E-state index contributed by atoms with van der Waals surface area (Å²) in [6, 6.07) is 4.67. The summed E-state index contributed by atoms with van der Waals surface area (Å²) in [6.45, 7) is 5.67. The van der Waals surface area contributed by atoms with Gasteiger partial charge in [0, 0.05) is 27.7 Å². The van der Waals surface area contributed by atoms with Gasteiger partial charge in [0.2, 0.25) is 5.44 Å². The summed E-state index contributed by atoms with van der Waals surface area (Å²) in [6.07, 6.45) is 3.30. The molecule has 0 bridgehead atoms. The van der Waals surface area contributed by atoms with Crippen molar-refractivity contribution in [3.8, 4) is 5.75 Å². The van der Waals surface area contributed by atoms with Gasteiger partial charge in [0.05, 0.1) is 0 Å². The Kier molecular flexibility index (Phi) is 5.52. The number of halogens is 2. The average molecular weight is 401 g/mol. The number of ether oxygens (including phenoxy) is 1. The molecule has 1 aromatic heterocycles.